The number of methoxy groups -OCH3 is 1. The quantitative estimate of drug-likeness (QED) is 0.537. The number of nitrogens with one attached hydrogen (secondary N) is 1. The van der Waals surface area contributed by atoms with Gasteiger partial charge in [0.2, 0.25) is 5.95 Å². The van der Waals surface area contributed by atoms with E-state index in [1.807, 2.05) is 13.0 Å². The Morgan fingerprint density at radius 3 is 2.64 bits per heavy atom. The molecule has 1 N–H and O–H groups in total. The number of tetrazole rings is 1. The second kappa shape index (κ2) is 9.32. The highest BCUT2D eigenvalue weighted by atomic mass is 35.5. The number of rotatable bonds is 8. The first-order chi connectivity index (χ1) is 13.5. The molecule has 28 heavy (non-hydrogen) atoms. The van der Waals surface area contributed by atoms with Crippen molar-refractivity contribution in [2.24, 2.45) is 0 Å². The molecule has 0 amide bonds. The Labute approximate surface area is 177 Å². The van der Waals surface area contributed by atoms with Gasteiger partial charge in [-0.25, -0.2) is 4.68 Å². The number of aromatic nitrogens is 4. The van der Waals surface area contributed by atoms with Gasteiger partial charge in [0.05, 0.1) is 12.1 Å². The van der Waals surface area contributed by atoms with Crippen molar-refractivity contribution in [3.05, 3.63) is 56.5 Å². The molecule has 0 bridgehead atoms. The molecule has 3 aromatic rings. The molecule has 0 saturated carbocycles. The van der Waals surface area contributed by atoms with Crippen LogP contribution in [0.2, 0.25) is 15.1 Å². The maximum Gasteiger partial charge on any atom is 0.243 e. The summed E-state index contributed by atoms with van der Waals surface area (Å²) < 4.78 is 13.0. The maximum atomic E-state index is 6.43. The van der Waals surface area contributed by atoms with Crippen LogP contribution in [0.15, 0.2) is 30.3 Å². The van der Waals surface area contributed by atoms with Crippen LogP contribution in [-0.4, -0.2) is 27.3 Å². The number of hydrogen-bond donors (Lipinski definition) is 1. The highest BCUT2D eigenvalue weighted by molar-refractivity contribution is 6.35. The summed E-state index contributed by atoms with van der Waals surface area (Å²) in [5.41, 5.74) is 1.69. The topological polar surface area (TPSA) is 74.1 Å². The molecule has 148 valence electrons. The second-order valence-corrected chi connectivity index (χ2v) is 7.06. The van der Waals surface area contributed by atoms with E-state index in [1.165, 1.54) is 0 Å². The molecule has 1 aromatic heterocycles. The van der Waals surface area contributed by atoms with E-state index in [9.17, 15) is 0 Å². The highest BCUT2D eigenvalue weighted by Gasteiger charge is 2.14. The molecule has 0 fully saturated rings. The van der Waals surface area contributed by atoms with E-state index >= 15 is 0 Å². The normalized spacial score (nSPS) is 10.8. The lowest BCUT2D eigenvalue weighted by atomic mass is 10.2. The van der Waals surface area contributed by atoms with E-state index in [0.29, 0.717) is 45.6 Å². The van der Waals surface area contributed by atoms with Gasteiger partial charge in [0.1, 0.15) is 6.61 Å². The molecule has 1 heterocycles. The Morgan fingerprint density at radius 1 is 1.11 bits per heavy atom. The first kappa shape index (κ1) is 20.5. The SMILES string of the molecule is CCn1nnnc1NCc1cc(Cl)c(OCc2ccc(Cl)cc2Cl)c(OC)c1. The van der Waals surface area contributed by atoms with Crippen LogP contribution in [0.4, 0.5) is 5.95 Å². The molecule has 0 aliphatic heterocycles. The van der Waals surface area contributed by atoms with Crippen LogP contribution in [0.3, 0.4) is 0 Å². The van der Waals surface area contributed by atoms with Gasteiger partial charge in [-0.05, 0) is 47.2 Å². The number of hydrogen-bond acceptors (Lipinski definition) is 6. The minimum atomic E-state index is 0.231. The van der Waals surface area contributed by atoms with Crippen LogP contribution in [0.25, 0.3) is 0 Å². The predicted octanol–water partition coefficient (Wildman–Crippen LogP) is 4.85. The molecule has 0 aliphatic rings. The van der Waals surface area contributed by atoms with Crippen LogP contribution >= 0.6 is 34.8 Å². The molecule has 0 atom stereocenters. The zero-order valence-corrected chi connectivity index (χ0v) is 17.5. The Bertz CT molecular complexity index is 964. The molecule has 10 heteroatoms. The van der Waals surface area contributed by atoms with Gasteiger partial charge >= 0.3 is 0 Å². The number of benzene rings is 2. The minimum Gasteiger partial charge on any atom is -0.493 e. The zero-order chi connectivity index (χ0) is 20.1. The van der Waals surface area contributed by atoms with Gasteiger partial charge in [0, 0.05) is 28.7 Å². The Kier molecular flexibility index (Phi) is 6.83. The smallest absolute Gasteiger partial charge is 0.243 e. The third kappa shape index (κ3) is 4.79. The van der Waals surface area contributed by atoms with Gasteiger partial charge in [-0.15, -0.1) is 0 Å². The van der Waals surface area contributed by atoms with Gasteiger partial charge in [-0.2, -0.15) is 0 Å². The molecular formula is C18H18Cl3N5O2. The second-order valence-electron chi connectivity index (χ2n) is 5.81. The summed E-state index contributed by atoms with van der Waals surface area (Å²) in [4.78, 5) is 0. The molecule has 0 radical (unpaired) electrons. The summed E-state index contributed by atoms with van der Waals surface area (Å²) in [6, 6.07) is 8.87. The van der Waals surface area contributed by atoms with Gasteiger partial charge in [0.15, 0.2) is 11.5 Å². The van der Waals surface area contributed by atoms with E-state index in [0.717, 1.165) is 11.1 Å². The van der Waals surface area contributed by atoms with E-state index in [1.54, 1.807) is 36.1 Å². The number of aryl methyl sites for hydroxylation is 1. The average Bonchev–Trinajstić information content (AvgIpc) is 3.14. The first-order valence-electron chi connectivity index (χ1n) is 8.45. The van der Waals surface area contributed by atoms with Crippen molar-refractivity contribution in [2.75, 3.05) is 12.4 Å². The minimum absolute atomic E-state index is 0.231. The van der Waals surface area contributed by atoms with Crippen molar-refractivity contribution in [1.82, 2.24) is 20.2 Å². The Hall–Kier alpha value is -2.22. The molecule has 0 saturated heterocycles. The summed E-state index contributed by atoms with van der Waals surface area (Å²) in [5.74, 6) is 1.54. The number of nitrogens with zero attached hydrogens (tertiary/aromatic N) is 4. The van der Waals surface area contributed by atoms with Gasteiger partial charge < -0.3 is 14.8 Å². The highest BCUT2D eigenvalue weighted by Crippen LogP contribution is 2.37. The molecule has 7 nitrogen and oxygen atoms in total. The fourth-order valence-corrected chi connectivity index (χ4v) is 3.28. The standard InChI is InChI=1S/C18H18Cl3N5O2/c1-3-26-18(23-24-25-26)22-9-11-6-15(21)17(16(7-11)27-2)28-10-12-4-5-13(19)8-14(12)20/h4-8H,3,9-10H2,1-2H3,(H,22,23,25). The lowest BCUT2D eigenvalue weighted by Crippen LogP contribution is -2.08. The van der Waals surface area contributed by atoms with Crippen molar-refractivity contribution in [1.29, 1.82) is 0 Å². The summed E-state index contributed by atoms with van der Waals surface area (Å²) in [7, 11) is 1.56. The predicted molar refractivity (Wildman–Crippen MR) is 110 cm³/mol. The van der Waals surface area contributed by atoms with Crippen molar-refractivity contribution < 1.29 is 9.47 Å². The van der Waals surface area contributed by atoms with Crippen LogP contribution in [0.1, 0.15) is 18.1 Å². The zero-order valence-electron chi connectivity index (χ0n) is 15.2. The summed E-state index contributed by atoms with van der Waals surface area (Å²) in [6.07, 6.45) is 0. The van der Waals surface area contributed by atoms with Gasteiger partial charge in [0.25, 0.3) is 0 Å². The molecule has 3 rings (SSSR count). The van der Waals surface area contributed by atoms with Crippen molar-refractivity contribution in [3.63, 3.8) is 0 Å². The molecule has 0 unspecified atom stereocenters. The van der Waals surface area contributed by atoms with E-state index < -0.39 is 0 Å². The van der Waals surface area contributed by atoms with Crippen LogP contribution in [-0.2, 0) is 19.7 Å². The fraction of sp³-hybridized carbons (Fsp3) is 0.278. The molecule has 2 aromatic carbocycles. The monoisotopic (exact) mass is 441 g/mol. The lowest BCUT2D eigenvalue weighted by molar-refractivity contribution is 0.284. The maximum absolute atomic E-state index is 6.43. The van der Waals surface area contributed by atoms with E-state index in [4.69, 9.17) is 44.3 Å². The third-order valence-electron chi connectivity index (χ3n) is 3.96. The summed E-state index contributed by atoms with van der Waals surface area (Å²) in [5, 5.41) is 16.2. The van der Waals surface area contributed by atoms with Gasteiger partial charge in [-0.3, -0.25) is 0 Å². The summed E-state index contributed by atoms with van der Waals surface area (Å²) in [6.45, 7) is 3.33. The molecule has 0 aliphatic carbocycles. The van der Waals surface area contributed by atoms with Crippen LogP contribution < -0.4 is 14.8 Å². The first-order valence-corrected chi connectivity index (χ1v) is 9.58. The third-order valence-corrected chi connectivity index (χ3v) is 4.83. The fourth-order valence-electron chi connectivity index (χ4n) is 2.53. The Balaban J connectivity index is 1.73. The average molecular weight is 443 g/mol. The van der Waals surface area contributed by atoms with E-state index in [2.05, 4.69) is 20.8 Å². The van der Waals surface area contributed by atoms with Crippen LogP contribution in [0, 0.1) is 0 Å². The van der Waals surface area contributed by atoms with E-state index in [-0.39, 0.29) is 6.61 Å². The lowest BCUT2D eigenvalue weighted by Gasteiger charge is -2.15. The Morgan fingerprint density at radius 2 is 1.93 bits per heavy atom. The molecule has 0 spiro atoms. The van der Waals surface area contributed by atoms with Crippen molar-refractivity contribution in [3.8, 4) is 11.5 Å². The summed E-state index contributed by atoms with van der Waals surface area (Å²) >= 11 is 18.5. The number of ether oxygens (including phenoxy) is 2. The van der Waals surface area contributed by atoms with Crippen molar-refractivity contribution >= 4 is 40.8 Å². The molecular weight excluding hydrogens is 425 g/mol. The van der Waals surface area contributed by atoms with Gasteiger partial charge in [-0.1, -0.05) is 46.0 Å². The van der Waals surface area contributed by atoms with Crippen molar-refractivity contribution in [2.45, 2.75) is 26.6 Å². The number of anilines is 1. The van der Waals surface area contributed by atoms with Crippen LogP contribution in [0.5, 0.6) is 11.5 Å². The number of halogens is 3. The largest absolute Gasteiger partial charge is 0.493 e.